The summed E-state index contributed by atoms with van der Waals surface area (Å²) in [5.74, 6) is -0.338. The van der Waals surface area contributed by atoms with Crippen molar-refractivity contribution in [2.24, 2.45) is 0 Å². The van der Waals surface area contributed by atoms with E-state index in [0.717, 1.165) is 13.1 Å². The van der Waals surface area contributed by atoms with Gasteiger partial charge in [0.25, 0.3) is 5.91 Å². The Hall–Kier alpha value is -1.63. The van der Waals surface area contributed by atoms with E-state index in [9.17, 15) is 4.79 Å². The maximum absolute atomic E-state index is 11.3. The molecule has 0 spiro atoms. The average Bonchev–Trinajstić information content (AvgIpc) is 2.59. The molecule has 7 nitrogen and oxygen atoms in total. The molecule has 1 aromatic rings. The molecular formula is C7H14N5O2+. The minimum Gasteiger partial charge on any atom is -0.379 e. The highest BCUT2D eigenvalue weighted by molar-refractivity contribution is 5.95. The summed E-state index contributed by atoms with van der Waals surface area (Å²) in [6, 6.07) is 0. The molecule has 0 unspecified atom stereocenters. The van der Waals surface area contributed by atoms with Gasteiger partial charge in [0.05, 0.1) is 19.6 Å². The second-order valence-corrected chi connectivity index (χ2v) is 2.74. The van der Waals surface area contributed by atoms with Crippen LogP contribution in [0.5, 0.6) is 0 Å². The first-order valence-corrected chi connectivity index (χ1v) is 4.43. The quantitative estimate of drug-likeness (QED) is 0.474. The summed E-state index contributed by atoms with van der Waals surface area (Å²) in [6.45, 7) is 4.43. The normalized spacial score (nSPS) is 10.1. The van der Waals surface area contributed by atoms with E-state index in [-0.39, 0.29) is 17.4 Å². The number of carbonyl (C=O) groups excluding carboxylic acids is 1. The molecule has 0 atom stereocenters. The van der Waals surface area contributed by atoms with Gasteiger partial charge in [0, 0.05) is 0 Å². The van der Waals surface area contributed by atoms with Gasteiger partial charge in [0.2, 0.25) is 11.5 Å². The van der Waals surface area contributed by atoms with Crippen LogP contribution in [0.25, 0.3) is 0 Å². The first-order chi connectivity index (χ1) is 6.75. The second-order valence-electron chi connectivity index (χ2n) is 2.74. The highest BCUT2D eigenvalue weighted by atomic mass is 16.6. The number of quaternary nitrogens is 1. The van der Waals surface area contributed by atoms with Crippen LogP contribution < -0.4 is 16.4 Å². The van der Waals surface area contributed by atoms with Crippen molar-refractivity contribution in [3.8, 4) is 0 Å². The fourth-order valence-electron chi connectivity index (χ4n) is 0.929. The minimum absolute atomic E-state index is 0.0157. The molecule has 0 aliphatic rings. The number of hydrogen-bond acceptors (Lipinski definition) is 5. The van der Waals surface area contributed by atoms with E-state index in [0.29, 0.717) is 6.54 Å². The van der Waals surface area contributed by atoms with E-state index >= 15 is 0 Å². The summed E-state index contributed by atoms with van der Waals surface area (Å²) in [6.07, 6.45) is 0. The maximum Gasteiger partial charge on any atom is 0.277 e. The number of rotatable bonds is 5. The molecule has 1 aromatic heterocycles. The van der Waals surface area contributed by atoms with Crippen LogP contribution in [0.15, 0.2) is 4.63 Å². The van der Waals surface area contributed by atoms with Crippen molar-refractivity contribution in [2.75, 3.05) is 25.4 Å². The average molecular weight is 200 g/mol. The molecule has 0 saturated carbocycles. The molecule has 0 bridgehead atoms. The van der Waals surface area contributed by atoms with Crippen molar-refractivity contribution in [3.05, 3.63) is 5.69 Å². The van der Waals surface area contributed by atoms with Crippen LogP contribution in [-0.2, 0) is 0 Å². The third-order valence-corrected chi connectivity index (χ3v) is 1.65. The van der Waals surface area contributed by atoms with Gasteiger partial charge in [-0.25, -0.2) is 4.63 Å². The highest BCUT2D eigenvalue weighted by Crippen LogP contribution is 2.02. The summed E-state index contributed by atoms with van der Waals surface area (Å²) in [5.41, 5.74) is 5.38. The lowest BCUT2D eigenvalue weighted by molar-refractivity contribution is -0.649. The van der Waals surface area contributed by atoms with Crippen molar-refractivity contribution in [2.45, 2.75) is 6.92 Å². The van der Waals surface area contributed by atoms with Crippen molar-refractivity contribution in [3.63, 3.8) is 0 Å². The third-order valence-electron chi connectivity index (χ3n) is 1.65. The zero-order valence-corrected chi connectivity index (χ0v) is 7.99. The summed E-state index contributed by atoms with van der Waals surface area (Å²) >= 11 is 0. The Morgan fingerprint density at radius 3 is 3.00 bits per heavy atom. The van der Waals surface area contributed by atoms with Crippen LogP contribution >= 0.6 is 0 Å². The summed E-state index contributed by atoms with van der Waals surface area (Å²) in [4.78, 5) is 11.3. The lowest BCUT2D eigenvalue weighted by Crippen LogP contribution is -2.85. The van der Waals surface area contributed by atoms with Crippen molar-refractivity contribution >= 4 is 11.7 Å². The van der Waals surface area contributed by atoms with E-state index in [4.69, 9.17) is 5.73 Å². The third kappa shape index (κ3) is 2.70. The monoisotopic (exact) mass is 200 g/mol. The number of nitrogens with zero attached hydrogens (tertiary/aromatic N) is 2. The molecule has 0 aromatic carbocycles. The number of aromatic nitrogens is 2. The van der Waals surface area contributed by atoms with Gasteiger partial charge in [0.15, 0.2) is 0 Å². The first kappa shape index (κ1) is 10.5. The molecule has 0 fully saturated rings. The lowest BCUT2D eigenvalue weighted by Gasteiger charge is -2.00. The van der Waals surface area contributed by atoms with Crippen molar-refractivity contribution in [1.29, 1.82) is 0 Å². The zero-order chi connectivity index (χ0) is 10.4. The van der Waals surface area contributed by atoms with Crippen molar-refractivity contribution in [1.82, 2.24) is 15.6 Å². The molecule has 5 N–H and O–H groups in total. The SMILES string of the molecule is CC[NH2+]CCNC(=O)c1nonc1N. The van der Waals surface area contributed by atoms with Crippen LogP contribution in [0.4, 0.5) is 5.82 Å². The Kier molecular flexibility index (Phi) is 3.86. The summed E-state index contributed by atoms with van der Waals surface area (Å²) in [5, 5.41) is 11.4. The smallest absolute Gasteiger partial charge is 0.277 e. The number of nitrogen functional groups attached to an aromatic ring is 1. The summed E-state index contributed by atoms with van der Waals surface area (Å²) in [7, 11) is 0. The van der Waals surface area contributed by atoms with E-state index in [1.807, 2.05) is 6.92 Å². The number of carbonyl (C=O) groups is 1. The Balaban J connectivity index is 2.32. The topological polar surface area (TPSA) is 111 Å². The first-order valence-electron chi connectivity index (χ1n) is 4.43. The molecule has 1 rings (SSSR count). The van der Waals surface area contributed by atoms with Gasteiger partial charge in [-0.15, -0.1) is 0 Å². The van der Waals surface area contributed by atoms with E-state index < -0.39 is 0 Å². The Morgan fingerprint density at radius 1 is 1.64 bits per heavy atom. The van der Waals surface area contributed by atoms with Crippen LogP contribution in [0.1, 0.15) is 17.4 Å². The van der Waals surface area contributed by atoms with E-state index in [1.165, 1.54) is 0 Å². The number of likely N-dealkylation sites (N-methyl/N-ethyl adjacent to an activating group) is 1. The van der Waals surface area contributed by atoms with Gasteiger partial charge in [-0.2, -0.15) is 0 Å². The largest absolute Gasteiger partial charge is 0.379 e. The second kappa shape index (κ2) is 5.18. The molecule has 0 aliphatic carbocycles. The molecule has 14 heavy (non-hydrogen) atoms. The van der Waals surface area contributed by atoms with Gasteiger partial charge in [0.1, 0.15) is 0 Å². The predicted octanol–water partition coefficient (Wildman–Crippen LogP) is -2.04. The number of nitrogens with one attached hydrogen (secondary N) is 1. The fraction of sp³-hybridized carbons (Fsp3) is 0.571. The highest BCUT2D eigenvalue weighted by Gasteiger charge is 2.14. The Bertz CT molecular complexity index is 298. The molecule has 7 heteroatoms. The molecule has 0 aliphatic heterocycles. The van der Waals surface area contributed by atoms with E-state index in [2.05, 4.69) is 25.6 Å². The fourth-order valence-corrected chi connectivity index (χ4v) is 0.929. The van der Waals surface area contributed by atoms with Crippen LogP contribution in [0.2, 0.25) is 0 Å². The van der Waals surface area contributed by atoms with Gasteiger partial charge in [-0.3, -0.25) is 4.79 Å². The van der Waals surface area contributed by atoms with Gasteiger partial charge >= 0.3 is 0 Å². The predicted molar refractivity (Wildman–Crippen MR) is 48.4 cm³/mol. The van der Waals surface area contributed by atoms with E-state index in [1.54, 1.807) is 0 Å². The van der Waals surface area contributed by atoms with Crippen molar-refractivity contribution < 1.29 is 14.7 Å². The maximum atomic E-state index is 11.3. The number of anilines is 1. The number of amides is 1. The molecule has 1 heterocycles. The number of nitrogens with two attached hydrogens (primary N) is 2. The molecule has 0 saturated heterocycles. The lowest BCUT2D eigenvalue weighted by atomic mass is 10.4. The Morgan fingerprint density at radius 2 is 2.43 bits per heavy atom. The standard InChI is InChI=1S/C7H13N5O2/c1-2-9-3-4-10-7(13)5-6(8)12-14-11-5/h9H,2-4H2,1H3,(H2,8,12)(H,10,13)/p+1. The number of hydrogen-bond donors (Lipinski definition) is 3. The molecular weight excluding hydrogens is 186 g/mol. The van der Waals surface area contributed by atoms with Gasteiger partial charge in [-0.1, -0.05) is 0 Å². The van der Waals surface area contributed by atoms with Crippen LogP contribution in [0, 0.1) is 0 Å². The molecule has 0 radical (unpaired) electrons. The van der Waals surface area contributed by atoms with Crippen LogP contribution in [0.3, 0.4) is 0 Å². The van der Waals surface area contributed by atoms with Gasteiger partial charge in [-0.05, 0) is 17.2 Å². The zero-order valence-electron chi connectivity index (χ0n) is 7.99. The van der Waals surface area contributed by atoms with Crippen LogP contribution in [-0.4, -0.2) is 35.9 Å². The molecule has 78 valence electrons. The summed E-state index contributed by atoms with van der Waals surface area (Å²) < 4.78 is 4.30. The van der Waals surface area contributed by atoms with Gasteiger partial charge < -0.3 is 16.4 Å². The Labute approximate surface area is 81.0 Å². The molecule has 1 amide bonds. The minimum atomic E-state index is -0.353.